The molecular weight excluding hydrogens is 943 g/mol. The van der Waals surface area contributed by atoms with E-state index in [-0.39, 0.29) is 12.5 Å². The quantitative estimate of drug-likeness (QED) is 0.0259. The van der Waals surface area contributed by atoms with E-state index in [1.54, 1.807) is 0 Å². The van der Waals surface area contributed by atoms with Crippen LogP contribution in [0, 0.1) is 0 Å². The number of aliphatic hydroxyl groups is 8. The standard InChI is InChI=1S/C60H117NO13/c1-3-5-7-9-11-13-15-17-19-21-22-23-24-25-26-27-28-29-31-33-35-37-39-41-43-49(64)48(61-52(65)44-42-40-38-36-34-32-30-20-18-16-14-12-10-8-6-4-2)47-71-59-57(70)55(68)58(51(46-63)73-59)74-60-56(69)54(67)53(66)50(45-62)72-60/h48-51,53-60,62-64,66-70H,3-47H2,1-2H3,(H,61,65). The fraction of sp³-hybridized carbons (Fsp3) is 0.983. The third-order valence-electron chi connectivity index (χ3n) is 15.8. The molecule has 14 nitrogen and oxygen atoms in total. The fourth-order valence-electron chi connectivity index (χ4n) is 10.8. The van der Waals surface area contributed by atoms with Crippen LogP contribution >= 0.6 is 0 Å². The van der Waals surface area contributed by atoms with E-state index in [0.717, 1.165) is 51.4 Å². The molecule has 9 N–H and O–H groups in total. The number of rotatable bonds is 51. The zero-order valence-corrected chi connectivity index (χ0v) is 47.4. The molecule has 14 heteroatoms. The lowest BCUT2D eigenvalue weighted by Crippen LogP contribution is -2.65. The highest BCUT2D eigenvalue weighted by molar-refractivity contribution is 5.76. The second-order valence-corrected chi connectivity index (χ2v) is 22.6. The Morgan fingerprint density at radius 2 is 0.770 bits per heavy atom. The highest BCUT2D eigenvalue weighted by Crippen LogP contribution is 2.30. The van der Waals surface area contributed by atoms with Gasteiger partial charge in [-0.1, -0.05) is 264 Å². The molecule has 2 heterocycles. The fourth-order valence-corrected chi connectivity index (χ4v) is 10.8. The molecule has 12 unspecified atom stereocenters. The number of carbonyl (C=O) groups excluding carboxylic acids is 1. The van der Waals surface area contributed by atoms with Crippen molar-refractivity contribution in [2.75, 3.05) is 19.8 Å². The van der Waals surface area contributed by atoms with Crippen molar-refractivity contribution in [3.8, 4) is 0 Å². The Morgan fingerprint density at radius 1 is 0.432 bits per heavy atom. The lowest BCUT2D eigenvalue weighted by atomic mass is 9.97. The van der Waals surface area contributed by atoms with Gasteiger partial charge in [0.05, 0.1) is 32.0 Å². The van der Waals surface area contributed by atoms with Gasteiger partial charge in [0.15, 0.2) is 12.6 Å². The number of amides is 1. The molecule has 0 saturated carbocycles. The molecule has 2 aliphatic heterocycles. The van der Waals surface area contributed by atoms with E-state index in [1.165, 1.54) is 205 Å². The van der Waals surface area contributed by atoms with Crippen LogP contribution in [-0.4, -0.2) is 140 Å². The van der Waals surface area contributed by atoms with Gasteiger partial charge in [-0.3, -0.25) is 4.79 Å². The van der Waals surface area contributed by atoms with Crippen molar-refractivity contribution in [2.45, 2.75) is 357 Å². The molecule has 1 amide bonds. The number of ether oxygens (including phenoxy) is 4. The molecule has 0 aromatic heterocycles. The van der Waals surface area contributed by atoms with Crippen LogP contribution in [0.5, 0.6) is 0 Å². The minimum atomic E-state index is -1.78. The molecule has 0 spiro atoms. The zero-order valence-electron chi connectivity index (χ0n) is 47.4. The summed E-state index contributed by atoms with van der Waals surface area (Å²) in [7, 11) is 0. The summed E-state index contributed by atoms with van der Waals surface area (Å²) >= 11 is 0. The first kappa shape index (κ1) is 69.1. The van der Waals surface area contributed by atoms with Crippen molar-refractivity contribution in [3.05, 3.63) is 0 Å². The minimum absolute atomic E-state index is 0.200. The Labute approximate surface area is 451 Å². The summed E-state index contributed by atoms with van der Waals surface area (Å²) in [5, 5.41) is 87.3. The Balaban J connectivity index is 1.71. The van der Waals surface area contributed by atoms with Gasteiger partial charge in [-0.05, 0) is 12.8 Å². The van der Waals surface area contributed by atoms with Crippen molar-refractivity contribution >= 4 is 5.91 Å². The number of carbonyl (C=O) groups is 1. The number of hydrogen-bond acceptors (Lipinski definition) is 13. The summed E-state index contributed by atoms with van der Waals surface area (Å²) in [6.45, 7) is 2.90. The third kappa shape index (κ3) is 32.2. The van der Waals surface area contributed by atoms with E-state index in [0.29, 0.717) is 12.8 Å². The third-order valence-corrected chi connectivity index (χ3v) is 15.8. The van der Waals surface area contributed by atoms with E-state index in [1.807, 2.05) is 0 Å². The molecule has 2 aliphatic rings. The predicted octanol–water partition coefficient (Wildman–Crippen LogP) is 10.9. The van der Waals surface area contributed by atoms with Gasteiger partial charge < -0.3 is 65.1 Å². The Bertz CT molecular complexity index is 1250. The van der Waals surface area contributed by atoms with E-state index < -0.39 is 86.8 Å². The van der Waals surface area contributed by atoms with Crippen LogP contribution in [0.3, 0.4) is 0 Å². The molecule has 2 rings (SSSR count). The van der Waals surface area contributed by atoms with Crippen LogP contribution in [0.1, 0.15) is 284 Å². The van der Waals surface area contributed by atoms with E-state index in [4.69, 9.17) is 18.9 Å². The van der Waals surface area contributed by atoms with Gasteiger partial charge in [0, 0.05) is 6.42 Å². The highest BCUT2D eigenvalue weighted by Gasteiger charge is 2.51. The first-order chi connectivity index (χ1) is 36.1. The van der Waals surface area contributed by atoms with Gasteiger partial charge in [-0.25, -0.2) is 0 Å². The molecule has 0 aliphatic carbocycles. The molecule has 74 heavy (non-hydrogen) atoms. The number of aliphatic hydroxyl groups excluding tert-OH is 8. The highest BCUT2D eigenvalue weighted by atomic mass is 16.7. The molecule has 0 aromatic carbocycles. The summed E-state index contributed by atoms with van der Waals surface area (Å²) in [6.07, 6.45) is 35.3. The normalized spacial score (nSPS) is 25.1. The summed E-state index contributed by atoms with van der Waals surface area (Å²) in [5.41, 5.74) is 0. The van der Waals surface area contributed by atoms with Crippen LogP contribution in [-0.2, 0) is 23.7 Å². The van der Waals surface area contributed by atoms with E-state index in [2.05, 4.69) is 19.2 Å². The molecule has 2 fully saturated rings. The van der Waals surface area contributed by atoms with Gasteiger partial charge >= 0.3 is 0 Å². The van der Waals surface area contributed by atoms with Crippen LogP contribution < -0.4 is 5.32 Å². The minimum Gasteiger partial charge on any atom is -0.394 e. The van der Waals surface area contributed by atoms with Gasteiger partial charge in [0.2, 0.25) is 5.91 Å². The maximum atomic E-state index is 13.3. The second-order valence-electron chi connectivity index (χ2n) is 22.6. The summed E-state index contributed by atoms with van der Waals surface area (Å²) in [4.78, 5) is 13.3. The molecule has 440 valence electrons. The predicted molar refractivity (Wildman–Crippen MR) is 296 cm³/mol. The molecular formula is C60H117NO13. The Morgan fingerprint density at radius 3 is 1.15 bits per heavy atom. The van der Waals surface area contributed by atoms with Crippen LogP contribution in [0.4, 0.5) is 0 Å². The Hall–Kier alpha value is -1.01. The lowest BCUT2D eigenvalue weighted by Gasteiger charge is -2.46. The first-order valence-corrected chi connectivity index (χ1v) is 31.3. The van der Waals surface area contributed by atoms with Gasteiger partial charge in [0.25, 0.3) is 0 Å². The van der Waals surface area contributed by atoms with Crippen LogP contribution in [0.25, 0.3) is 0 Å². The maximum absolute atomic E-state index is 13.3. The largest absolute Gasteiger partial charge is 0.394 e. The molecule has 12 atom stereocenters. The SMILES string of the molecule is CCCCCCCCCCCCCCCCCCCCCCCCCCC(O)C(COC1OC(CO)C(OC2OC(CO)C(O)C(O)C2O)C(O)C1O)NC(=O)CCCCCCCCCCCCCCCCCC. The van der Waals surface area contributed by atoms with Crippen molar-refractivity contribution in [1.29, 1.82) is 0 Å². The second kappa shape index (κ2) is 46.9. The smallest absolute Gasteiger partial charge is 0.220 e. The number of unbranched alkanes of at least 4 members (excludes halogenated alkanes) is 38. The lowest BCUT2D eigenvalue weighted by molar-refractivity contribution is -0.359. The summed E-state index contributed by atoms with van der Waals surface area (Å²) in [6, 6.07) is -0.822. The summed E-state index contributed by atoms with van der Waals surface area (Å²) < 4.78 is 22.9. The zero-order chi connectivity index (χ0) is 53.9. The average molecular weight is 1060 g/mol. The molecule has 2 saturated heterocycles. The average Bonchev–Trinajstić information content (AvgIpc) is 3.40. The monoisotopic (exact) mass is 1060 g/mol. The molecule has 0 radical (unpaired) electrons. The van der Waals surface area contributed by atoms with E-state index >= 15 is 0 Å². The summed E-state index contributed by atoms with van der Waals surface area (Å²) in [5.74, 6) is -0.200. The number of nitrogens with one attached hydrogen (secondary N) is 1. The van der Waals surface area contributed by atoms with Gasteiger partial charge in [-0.2, -0.15) is 0 Å². The Kier molecular flexibility index (Phi) is 43.8. The molecule has 0 aromatic rings. The molecule has 0 bridgehead atoms. The van der Waals surface area contributed by atoms with Crippen molar-refractivity contribution in [2.24, 2.45) is 0 Å². The van der Waals surface area contributed by atoms with Crippen molar-refractivity contribution < 1.29 is 64.6 Å². The van der Waals surface area contributed by atoms with E-state index in [9.17, 15) is 45.6 Å². The van der Waals surface area contributed by atoms with Crippen molar-refractivity contribution in [3.63, 3.8) is 0 Å². The van der Waals surface area contributed by atoms with Crippen molar-refractivity contribution in [1.82, 2.24) is 5.32 Å². The van der Waals surface area contributed by atoms with Crippen LogP contribution in [0.15, 0.2) is 0 Å². The maximum Gasteiger partial charge on any atom is 0.220 e. The van der Waals surface area contributed by atoms with Gasteiger partial charge in [0.1, 0.15) is 48.8 Å². The first-order valence-electron chi connectivity index (χ1n) is 31.3. The van der Waals surface area contributed by atoms with Gasteiger partial charge in [-0.15, -0.1) is 0 Å². The van der Waals surface area contributed by atoms with Crippen LogP contribution in [0.2, 0.25) is 0 Å². The topological polar surface area (TPSA) is 228 Å². The number of hydrogen-bond donors (Lipinski definition) is 9.